The first-order valence-corrected chi connectivity index (χ1v) is 8.48. The van der Waals surface area contributed by atoms with E-state index in [1.54, 1.807) is 11.0 Å². The lowest BCUT2D eigenvalue weighted by Gasteiger charge is -2.30. The van der Waals surface area contributed by atoms with Crippen molar-refractivity contribution in [1.82, 2.24) is 4.90 Å². The molecule has 2 aliphatic rings. The maximum absolute atomic E-state index is 12.0. The molecular weight excluding hydrogens is 292 g/mol. The Bertz CT molecular complexity index is 711. The smallest absolute Gasteiger partial charge is 0.410 e. The Morgan fingerprint density at radius 1 is 1.29 bits per heavy atom. The summed E-state index contributed by atoms with van der Waals surface area (Å²) in [6, 6.07) is 7.33. The minimum Gasteiger partial charge on any atom is -0.448 e. The van der Waals surface area contributed by atoms with E-state index in [0.29, 0.717) is 25.4 Å². The fourth-order valence-corrected chi connectivity index (χ4v) is 3.50. The van der Waals surface area contributed by atoms with E-state index in [0.717, 1.165) is 11.1 Å². The number of hydrogen-bond acceptors (Lipinski definition) is 4. The number of carbonyl (C=O) groups is 1. The predicted octanol–water partition coefficient (Wildman–Crippen LogP) is 1.30. The number of rotatable bonds is 3. The van der Waals surface area contributed by atoms with Gasteiger partial charge in [-0.3, -0.25) is 4.31 Å². The summed E-state index contributed by atoms with van der Waals surface area (Å²) in [5.74, 6) is 0. The molecule has 0 aromatic heterocycles. The van der Waals surface area contributed by atoms with Crippen LogP contribution in [-0.2, 0) is 14.8 Å². The van der Waals surface area contributed by atoms with Crippen LogP contribution in [-0.4, -0.2) is 51.9 Å². The second kappa shape index (κ2) is 5.07. The average Bonchev–Trinajstić information content (AvgIpc) is 2.82. The van der Waals surface area contributed by atoms with E-state index in [4.69, 9.17) is 4.74 Å². The monoisotopic (exact) mass is 308 g/mol. The van der Waals surface area contributed by atoms with Crippen molar-refractivity contribution in [1.29, 1.82) is 0 Å². The molecule has 6 nitrogen and oxygen atoms in total. The molecule has 0 atom stereocenters. The Kier molecular flexibility index (Phi) is 3.36. The van der Waals surface area contributed by atoms with Crippen LogP contribution in [0.3, 0.4) is 0 Å². The fourth-order valence-electron chi connectivity index (χ4n) is 2.58. The second-order valence-corrected chi connectivity index (χ2v) is 7.07. The summed E-state index contributed by atoms with van der Waals surface area (Å²) >= 11 is 0. The summed E-state index contributed by atoms with van der Waals surface area (Å²) in [4.78, 5) is 13.1. The van der Waals surface area contributed by atoms with Gasteiger partial charge in [0.1, 0.15) is 6.61 Å². The highest BCUT2D eigenvalue weighted by molar-refractivity contribution is 7.92. The number of amides is 1. The molecule has 0 N–H and O–H groups in total. The van der Waals surface area contributed by atoms with Crippen molar-refractivity contribution >= 4 is 27.9 Å². The molecule has 112 valence electrons. The summed E-state index contributed by atoms with van der Waals surface area (Å²) in [5, 5.41) is 0. The number of carbonyl (C=O) groups excluding carboxylic acids is 1. The molecule has 1 amide bonds. The summed E-state index contributed by atoms with van der Waals surface area (Å²) < 4.78 is 30.3. The number of ether oxygens (including phenoxy) is 1. The zero-order valence-corrected chi connectivity index (χ0v) is 12.5. The van der Waals surface area contributed by atoms with E-state index in [9.17, 15) is 13.2 Å². The molecule has 1 saturated heterocycles. The van der Waals surface area contributed by atoms with Crippen molar-refractivity contribution < 1.29 is 17.9 Å². The lowest BCUT2D eigenvalue weighted by Crippen LogP contribution is -2.37. The summed E-state index contributed by atoms with van der Waals surface area (Å²) in [6.07, 6.45) is 2.79. The van der Waals surface area contributed by atoms with Gasteiger partial charge in [-0.25, -0.2) is 13.2 Å². The van der Waals surface area contributed by atoms with Gasteiger partial charge < -0.3 is 9.64 Å². The van der Waals surface area contributed by atoms with Crippen molar-refractivity contribution in [2.24, 2.45) is 0 Å². The van der Waals surface area contributed by atoms with Crippen molar-refractivity contribution in [2.45, 2.75) is 0 Å². The van der Waals surface area contributed by atoms with Gasteiger partial charge in [0.15, 0.2) is 0 Å². The SMILES string of the molecule is CS(=O)(=O)N1CC(CN2CCOC2=O)=Cc2ccccc21. The van der Waals surface area contributed by atoms with Crippen LogP contribution in [0.1, 0.15) is 5.56 Å². The maximum Gasteiger partial charge on any atom is 0.410 e. The normalized spacial score (nSPS) is 18.3. The number of fused-ring (bicyclic) bond motifs is 1. The molecule has 0 spiro atoms. The molecule has 0 unspecified atom stereocenters. The molecule has 1 fully saturated rings. The van der Waals surface area contributed by atoms with Gasteiger partial charge in [0.2, 0.25) is 10.0 Å². The van der Waals surface area contributed by atoms with Gasteiger partial charge in [0.25, 0.3) is 0 Å². The van der Waals surface area contributed by atoms with E-state index in [1.165, 1.54) is 10.6 Å². The summed E-state index contributed by atoms with van der Waals surface area (Å²) in [5.41, 5.74) is 2.39. The van der Waals surface area contributed by atoms with Gasteiger partial charge in [-0.2, -0.15) is 0 Å². The first kappa shape index (κ1) is 13.9. The van der Waals surface area contributed by atoms with Gasteiger partial charge in [0.05, 0.1) is 25.0 Å². The minimum absolute atomic E-state index is 0.264. The first-order valence-electron chi connectivity index (χ1n) is 6.63. The number of cyclic esters (lactones) is 1. The standard InChI is InChI=1S/C14H16N2O4S/c1-21(18,19)16-10-11(9-15-6-7-20-14(15)17)8-12-4-2-3-5-13(12)16/h2-5,8H,6-7,9-10H2,1H3. The molecule has 21 heavy (non-hydrogen) atoms. The predicted molar refractivity (Wildman–Crippen MR) is 79.5 cm³/mol. The third kappa shape index (κ3) is 2.73. The average molecular weight is 308 g/mol. The Morgan fingerprint density at radius 3 is 2.71 bits per heavy atom. The molecule has 0 aliphatic carbocycles. The number of nitrogens with zero attached hydrogens (tertiary/aromatic N) is 2. The Hall–Kier alpha value is -2.02. The number of para-hydroxylation sites is 1. The molecule has 0 bridgehead atoms. The van der Waals surface area contributed by atoms with Crippen LogP contribution in [0.25, 0.3) is 6.08 Å². The number of anilines is 1. The Labute approximate surface area is 123 Å². The van der Waals surface area contributed by atoms with Crippen LogP contribution in [0.4, 0.5) is 10.5 Å². The molecule has 2 aliphatic heterocycles. The molecular formula is C14H16N2O4S. The van der Waals surface area contributed by atoms with Crippen LogP contribution in [0, 0.1) is 0 Å². The topological polar surface area (TPSA) is 66.9 Å². The highest BCUT2D eigenvalue weighted by Crippen LogP contribution is 2.30. The molecule has 1 aromatic rings. The van der Waals surface area contributed by atoms with Gasteiger partial charge in [-0.15, -0.1) is 0 Å². The van der Waals surface area contributed by atoms with E-state index < -0.39 is 10.0 Å². The van der Waals surface area contributed by atoms with Gasteiger partial charge in [0, 0.05) is 6.54 Å². The van der Waals surface area contributed by atoms with Crippen molar-refractivity contribution in [3.8, 4) is 0 Å². The highest BCUT2D eigenvalue weighted by Gasteiger charge is 2.28. The number of hydrogen-bond donors (Lipinski definition) is 0. The summed E-state index contributed by atoms with van der Waals surface area (Å²) in [6.45, 7) is 1.58. The lowest BCUT2D eigenvalue weighted by molar-refractivity contribution is 0.160. The third-order valence-corrected chi connectivity index (χ3v) is 4.68. The van der Waals surface area contributed by atoms with Gasteiger partial charge in [-0.05, 0) is 17.2 Å². The second-order valence-electron chi connectivity index (χ2n) is 5.17. The molecule has 2 heterocycles. The van der Waals surface area contributed by atoms with Gasteiger partial charge >= 0.3 is 6.09 Å². The maximum atomic E-state index is 12.0. The third-order valence-electron chi connectivity index (χ3n) is 3.55. The molecule has 7 heteroatoms. The first-order chi connectivity index (χ1) is 9.95. The van der Waals surface area contributed by atoms with Crippen molar-refractivity contribution in [3.05, 3.63) is 35.4 Å². The van der Waals surface area contributed by atoms with Crippen LogP contribution in [0.5, 0.6) is 0 Å². The van der Waals surface area contributed by atoms with Crippen molar-refractivity contribution in [3.63, 3.8) is 0 Å². The fraction of sp³-hybridized carbons (Fsp3) is 0.357. The lowest BCUT2D eigenvalue weighted by atomic mass is 10.0. The Morgan fingerprint density at radius 2 is 2.05 bits per heavy atom. The quantitative estimate of drug-likeness (QED) is 0.844. The van der Waals surface area contributed by atoms with Crippen LogP contribution in [0.15, 0.2) is 29.8 Å². The van der Waals surface area contributed by atoms with Crippen LogP contribution in [0.2, 0.25) is 0 Å². The van der Waals surface area contributed by atoms with Crippen molar-refractivity contribution in [2.75, 3.05) is 36.8 Å². The van der Waals surface area contributed by atoms with Gasteiger partial charge in [-0.1, -0.05) is 24.3 Å². The molecule has 0 saturated carbocycles. The zero-order valence-electron chi connectivity index (χ0n) is 11.7. The molecule has 1 aromatic carbocycles. The van der Waals surface area contributed by atoms with E-state index in [2.05, 4.69) is 0 Å². The number of benzene rings is 1. The van der Waals surface area contributed by atoms with Crippen LogP contribution < -0.4 is 4.31 Å². The molecule has 0 radical (unpaired) electrons. The molecule has 3 rings (SSSR count). The highest BCUT2D eigenvalue weighted by atomic mass is 32.2. The van der Waals surface area contributed by atoms with Crippen LogP contribution >= 0.6 is 0 Å². The van der Waals surface area contributed by atoms with E-state index in [-0.39, 0.29) is 12.6 Å². The zero-order chi connectivity index (χ0) is 15.0. The summed E-state index contributed by atoms with van der Waals surface area (Å²) in [7, 11) is -3.36. The Balaban J connectivity index is 1.93. The van der Waals surface area contributed by atoms with E-state index >= 15 is 0 Å². The number of sulfonamides is 1. The van der Waals surface area contributed by atoms with E-state index in [1.807, 2.05) is 24.3 Å². The minimum atomic E-state index is -3.36. The largest absolute Gasteiger partial charge is 0.448 e.